The Morgan fingerprint density at radius 3 is 2.27 bits per heavy atom. The molecule has 0 radical (unpaired) electrons. The number of fused-ring (bicyclic) bond motifs is 3. The molecule has 0 unspecified atom stereocenters. The van der Waals surface area contributed by atoms with Crippen LogP contribution < -0.4 is 11.2 Å². The lowest BCUT2D eigenvalue weighted by Gasteiger charge is -2.13. The fraction of sp³-hybridized carbons (Fsp3) is 0.120. The van der Waals surface area contributed by atoms with Crippen LogP contribution in [0.15, 0.2) is 88.5 Å². The molecule has 2 heterocycles. The van der Waals surface area contributed by atoms with Crippen LogP contribution >= 0.6 is 11.3 Å². The van der Waals surface area contributed by atoms with E-state index in [-0.39, 0.29) is 17.8 Å². The Morgan fingerprint density at radius 1 is 0.767 bits per heavy atom. The molecule has 0 aliphatic rings. The highest BCUT2D eigenvalue weighted by Gasteiger charge is 2.18. The van der Waals surface area contributed by atoms with Gasteiger partial charge in [-0.05, 0) is 24.1 Å². The smallest absolute Gasteiger partial charge is 0.287 e. The van der Waals surface area contributed by atoms with E-state index in [1.807, 2.05) is 79.7 Å². The van der Waals surface area contributed by atoms with E-state index in [1.165, 1.54) is 15.9 Å². The Bertz CT molecular complexity index is 1490. The van der Waals surface area contributed by atoms with Crippen LogP contribution in [0.25, 0.3) is 20.3 Å². The third kappa shape index (κ3) is 3.17. The highest BCUT2D eigenvalue weighted by molar-refractivity contribution is 7.25. The van der Waals surface area contributed by atoms with Gasteiger partial charge >= 0.3 is 5.69 Å². The normalized spacial score (nSPS) is 11.4. The van der Waals surface area contributed by atoms with Gasteiger partial charge < -0.3 is 0 Å². The van der Waals surface area contributed by atoms with Gasteiger partial charge in [0.05, 0.1) is 18.6 Å². The molecule has 0 amide bonds. The zero-order valence-corrected chi connectivity index (χ0v) is 17.4. The third-order valence-electron chi connectivity index (χ3n) is 5.35. The number of hydrogen-bond donors (Lipinski definition) is 0. The molecule has 5 aromatic rings. The Labute approximate surface area is 177 Å². The summed E-state index contributed by atoms with van der Waals surface area (Å²) in [4.78, 5) is 26.9. The summed E-state index contributed by atoms with van der Waals surface area (Å²) < 4.78 is 4.76. The molecule has 0 saturated heterocycles. The number of benzene rings is 3. The maximum atomic E-state index is 13.6. The van der Waals surface area contributed by atoms with Crippen molar-refractivity contribution in [1.29, 1.82) is 0 Å². The van der Waals surface area contributed by atoms with Crippen molar-refractivity contribution in [2.75, 3.05) is 0 Å². The van der Waals surface area contributed by atoms with Crippen LogP contribution in [-0.2, 0) is 13.1 Å². The number of hydrogen-bond acceptors (Lipinski definition) is 3. The first-order valence-corrected chi connectivity index (χ1v) is 10.7. The molecule has 2 aromatic heterocycles. The van der Waals surface area contributed by atoms with Crippen molar-refractivity contribution in [2.24, 2.45) is 0 Å². The molecule has 3 aromatic carbocycles. The number of aromatic nitrogens is 2. The number of thiophene rings is 1. The van der Waals surface area contributed by atoms with Crippen molar-refractivity contribution in [2.45, 2.75) is 20.0 Å². The average molecular weight is 413 g/mol. The van der Waals surface area contributed by atoms with Gasteiger partial charge in [-0.25, -0.2) is 4.79 Å². The van der Waals surface area contributed by atoms with Crippen LogP contribution in [0.4, 0.5) is 0 Å². The highest BCUT2D eigenvalue weighted by Crippen LogP contribution is 2.31. The lowest BCUT2D eigenvalue weighted by molar-refractivity contribution is 0.637. The molecular formula is C25H20N2O2S. The van der Waals surface area contributed by atoms with Gasteiger partial charge in [0, 0.05) is 10.1 Å². The van der Waals surface area contributed by atoms with E-state index < -0.39 is 0 Å². The lowest BCUT2D eigenvalue weighted by Crippen LogP contribution is -2.40. The van der Waals surface area contributed by atoms with Crippen molar-refractivity contribution in [3.63, 3.8) is 0 Å². The molecule has 148 valence electrons. The molecule has 0 aliphatic carbocycles. The number of rotatable bonds is 4. The Hall–Kier alpha value is -3.44. The SMILES string of the molecule is Cc1cccc(Cn2c(=O)n(Cc3ccccc3)c(=O)c3sc4ccccc4c32)c1. The third-order valence-corrected chi connectivity index (χ3v) is 6.50. The molecule has 4 nitrogen and oxygen atoms in total. The summed E-state index contributed by atoms with van der Waals surface area (Å²) in [5, 5.41) is 0.950. The van der Waals surface area contributed by atoms with Gasteiger partial charge in [-0.1, -0.05) is 78.4 Å². The van der Waals surface area contributed by atoms with Gasteiger partial charge in [0.15, 0.2) is 0 Å². The minimum absolute atomic E-state index is 0.222. The predicted octanol–water partition coefficient (Wildman–Crippen LogP) is 4.78. The standard InChI is InChI=1S/C25H20N2O2S/c1-17-8-7-11-19(14-17)16-26-22-20-12-5-6-13-21(20)30-23(22)24(28)27(25(26)29)15-18-9-3-2-4-10-18/h2-14H,15-16H2,1H3. The van der Waals surface area contributed by atoms with Gasteiger partial charge in [-0.15, -0.1) is 11.3 Å². The van der Waals surface area contributed by atoms with Crippen LogP contribution in [0.5, 0.6) is 0 Å². The maximum Gasteiger partial charge on any atom is 0.332 e. The van der Waals surface area contributed by atoms with Gasteiger partial charge in [-0.2, -0.15) is 0 Å². The molecule has 30 heavy (non-hydrogen) atoms. The van der Waals surface area contributed by atoms with Crippen molar-refractivity contribution in [1.82, 2.24) is 9.13 Å². The van der Waals surface area contributed by atoms with Gasteiger partial charge in [-0.3, -0.25) is 13.9 Å². The molecule has 0 atom stereocenters. The molecule has 0 spiro atoms. The summed E-state index contributed by atoms with van der Waals surface area (Å²) in [6.07, 6.45) is 0. The first kappa shape index (κ1) is 18.6. The van der Waals surface area contributed by atoms with E-state index in [1.54, 1.807) is 4.57 Å². The zero-order valence-electron chi connectivity index (χ0n) is 16.5. The first-order chi connectivity index (χ1) is 14.6. The van der Waals surface area contributed by atoms with Crippen molar-refractivity contribution in [3.8, 4) is 0 Å². The molecule has 0 aliphatic heterocycles. The quantitative estimate of drug-likeness (QED) is 0.426. The maximum absolute atomic E-state index is 13.6. The minimum atomic E-state index is -0.276. The van der Waals surface area contributed by atoms with Crippen LogP contribution in [0.2, 0.25) is 0 Å². The second-order valence-corrected chi connectivity index (χ2v) is 8.56. The lowest BCUT2D eigenvalue weighted by atomic mass is 10.1. The van der Waals surface area contributed by atoms with E-state index in [9.17, 15) is 9.59 Å². The fourth-order valence-corrected chi connectivity index (χ4v) is 5.10. The van der Waals surface area contributed by atoms with E-state index in [0.29, 0.717) is 11.2 Å². The van der Waals surface area contributed by atoms with Crippen LogP contribution in [-0.4, -0.2) is 9.13 Å². The summed E-state index contributed by atoms with van der Waals surface area (Å²) in [5.41, 5.74) is 3.35. The van der Waals surface area contributed by atoms with Crippen LogP contribution in [0, 0.1) is 6.92 Å². The van der Waals surface area contributed by atoms with Gasteiger partial charge in [0.1, 0.15) is 4.70 Å². The Balaban J connectivity index is 1.81. The van der Waals surface area contributed by atoms with Gasteiger partial charge in [0.25, 0.3) is 5.56 Å². The van der Waals surface area contributed by atoms with E-state index in [4.69, 9.17) is 0 Å². The van der Waals surface area contributed by atoms with Gasteiger partial charge in [0.2, 0.25) is 0 Å². The monoisotopic (exact) mass is 412 g/mol. The largest absolute Gasteiger partial charge is 0.332 e. The van der Waals surface area contributed by atoms with Crippen molar-refractivity contribution >= 4 is 31.6 Å². The summed E-state index contributed by atoms with van der Waals surface area (Å²) in [7, 11) is 0. The number of nitrogens with zero attached hydrogens (tertiary/aromatic N) is 2. The van der Waals surface area contributed by atoms with E-state index >= 15 is 0 Å². The Morgan fingerprint density at radius 2 is 1.47 bits per heavy atom. The number of aryl methyl sites for hydroxylation is 1. The topological polar surface area (TPSA) is 44.0 Å². The highest BCUT2D eigenvalue weighted by atomic mass is 32.1. The predicted molar refractivity (Wildman–Crippen MR) is 124 cm³/mol. The zero-order chi connectivity index (χ0) is 20.7. The van der Waals surface area contributed by atoms with E-state index in [0.717, 1.165) is 32.3 Å². The molecule has 0 fully saturated rings. The summed E-state index contributed by atoms with van der Waals surface area (Å²) in [6.45, 7) is 2.72. The Kier molecular flexibility index (Phi) is 4.60. The second kappa shape index (κ2) is 7.43. The summed E-state index contributed by atoms with van der Waals surface area (Å²) in [6, 6.07) is 25.7. The van der Waals surface area contributed by atoms with Crippen LogP contribution in [0.3, 0.4) is 0 Å². The van der Waals surface area contributed by atoms with Crippen molar-refractivity contribution in [3.05, 3.63) is 116 Å². The molecule has 5 rings (SSSR count). The van der Waals surface area contributed by atoms with E-state index in [2.05, 4.69) is 6.07 Å². The molecule has 0 saturated carbocycles. The van der Waals surface area contributed by atoms with Crippen LogP contribution in [0.1, 0.15) is 16.7 Å². The van der Waals surface area contributed by atoms with Crippen molar-refractivity contribution < 1.29 is 0 Å². The molecule has 0 bridgehead atoms. The summed E-state index contributed by atoms with van der Waals surface area (Å²) in [5.74, 6) is 0. The molecule has 0 N–H and O–H groups in total. The average Bonchev–Trinajstić information content (AvgIpc) is 3.15. The molecule has 5 heteroatoms. The minimum Gasteiger partial charge on any atom is -0.287 e. The summed E-state index contributed by atoms with van der Waals surface area (Å²) >= 11 is 1.46. The molecular weight excluding hydrogens is 392 g/mol. The fourth-order valence-electron chi connectivity index (χ4n) is 3.94. The second-order valence-electron chi connectivity index (χ2n) is 7.51. The first-order valence-electron chi connectivity index (χ1n) is 9.86.